The van der Waals surface area contributed by atoms with Crippen LogP contribution in [0.4, 0.5) is 0 Å². The zero-order chi connectivity index (χ0) is 9.84. The number of aryl methyl sites for hydroxylation is 1. The zero-order valence-electron chi connectivity index (χ0n) is 8.46. The van der Waals surface area contributed by atoms with Gasteiger partial charge < -0.3 is 0 Å². The van der Waals surface area contributed by atoms with Gasteiger partial charge >= 0.3 is 0 Å². The van der Waals surface area contributed by atoms with Gasteiger partial charge in [0.1, 0.15) is 5.78 Å². The van der Waals surface area contributed by atoms with Gasteiger partial charge in [-0.05, 0) is 35.2 Å². The summed E-state index contributed by atoms with van der Waals surface area (Å²) in [7, 11) is 0. The van der Waals surface area contributed by atoms with Crippen molar-refractivity contribution in [2.75, 3.05) is 0 Å². The summed E-state index contributed by atoms with van der Waals surface area (Å²) in [6.45, 7) is 6.05. The largest absolute Gasteiger partial charge is 0.299 e. The van der Waals surface area contributed by atoms with E-state index in [1.165, 1.54) is 11.1 Å². The number of ketones is 1. The highest BCUT2D eigenvalue weighted by Crippen LogP contribution is 2.18. The van der Waals surface area contributed by atoms with Crippen LogP contribution in [0.25, 0.3) is 0 Å². The number of carbonyl (C=O) groups excluding carboxylic acids is 1. The van der Waals surface area contributed by atoms with Crippen LogP contribution in [0.3, 0.4) is 0 Å². The van der Waals surface area contributed by atoms with E-state index in [0.29, 0.717) is 12.2 Å². The van der Waals surface area contributed by atoms with Gasteiger partial charge in [0.05, 0.1) is 0 Å². The number of carbonyl (C=O) groups is 1. The topological polar surface area (TPSA) is 17.1 Å². The second kappa shape index (κ2) is 4.56. The smallest absolute Gasteiger partial charge is 0.135 e. The lowest BCUT2D eigenvalue weighted by atomic mass is 9.96. The van der Waals surface area contributed by atoms with E-state index < -0.39 is 0 Å². The van der Waals surface area contributed by atoms with Crippen LogP contribution >= 0.6 is 11.3 Å². The predicted octanol–water partition coefficient (Wildman–Crippen LogP) is 3.21. The van der Waals surface area contributed by atoms with E-state index in [4.69, 9.17) is 0 Å². The molecule has 0 spiro atoms. The molecule has 0 N–H and O–H groups in total. The molecule has 1 atom stereocenters. The maximum atomic E-state index is 11.4. The van der Waals surface area contributed by atoms with Crippen molar-refractivity contribution >= 4 is 17.1 Å². The number of thiophene rings is 1. The maximum absolute atomic E-state index is 11.4. The highest BCUT2D eigenvalue weighted by Gasteiger charge is 2.12. The van der Waals surface area contributed by atoms with Crippen molar-refractivity contribution < 1.29 is 4.79 Å². The van der Waals surface area contributed by atoms with Gasteiger partial charge in [0.15, 0.2) is 0 Å². The summed E-state index contributed by atoms with van der Waals surface area (Å²) >= 11 is 1.72. The molecule has 2 heteroatoms. The average molecular weight is 196 g/mol. The fraction of sp³-hybridized carbons (Fsp3) is 0.545. The molecule has 0 fully saturated rings. The first-order valence-electron chi connectivity index (χ1n) is 4.69. The Balaban J connectivity index is 2.59. The normalized spacial score (nSPS) is 12.8. The van der Waals surface area contributed by atoms with Gasteiger partial charge in [-0.25, -0.2) is 0 Å². The van der Waals surface area contributed by atoms with Crippen LogP contribution in [0.2, 0.25) is 0 Å². The molecule has 72 valence electrons. The van der Waals surface area contributed by atoms with Crippen molar-refractivity contribution in [1.29, 1.82) is 0 Å². The van der Waals surface area contributed by atoms with E-state index in [2.05, 4.69) is 17.7 Å². The molecule has 0 aliphatic rings. The van der Waals surface area contributed by atoms with Crippen LogP contribution in [0.15, 0.2) is 10.8 Å². The van der Waals surface area contributed by atoms with E-state index in [1.807, 2.05) is 13.8 Å². The van der Waals surface area contributed by atoms with Crippen molar-refractivity contribution in [2.24, 2.45) is 5.92 Å². The highest BCUT2D eigenvalue weighted by atomic mass is 32.1. The molecule has 0 bridgehead atoms. The molecule has 1 heterocycles. The van der Waals surface area contributed by atoms with Crippen LogP contribution in [0.5, 0.6) is 0 Å². The fourth-order valence-electron chi connectivity index (χ4n) is 1.39. The van der Waals surface area contributed by atoms with Gasteiger partial charge in [-0.1, -0.05) is 13.8 Å². The summed E-state index contributed by atoms with van der Waals surface area (Å²) in [5.41, 5.74) is 2.65. The third kappa shape index (κ3) is 2.66. The summed E-state index contributed by atoms with van der Waals surface area (Å²) in [5.74, 6) is 0.545. The van der Waals surface area contributed by atoms with Gasteiger partial charge in [-0.15, -0.1) is 0 Å². The Morgan fingerprint density at radius 1 is 1.54 bits per heavy atom. The summed E-state index contributed by atoms with van der Waals surface area (Å²) in [6.07, 6.45) is 1.56. The molecule has 0 aromatic carbocycles. The number of hydrogen-bond donors (Lipinski definition) is 0. The van der Waals surface area contributed by atoms with E-state index >= 15 is 0 Å². The SMILES string of the molecule is CCC(=O)C(C)Cc1cscc1C. The van der Waals surface area contributed by atoms with E-state index in [1.54, 1.807) is 11.3 Å². The maximum Gasteiger partial charge on any atom is 0.135 e. The van der Waals surface area contributed by atoms with Crippen LogP contribution in [-0.4, -0.2) is 5.78 Å². The monoisotopic (exact) mass is 196 g/mol. The Bertz CT molecular complexity index is 288. The molecule has 1 aromatic heterocycles. The Labute approximate surface area is 83.8 Å². The fourth-order valence-corrected chi connectivity index (χ4v) is 2.26. The molecule has 0 saturated heterocycles. The molecule has 1 aromatic rings. The van der Waals surface area contributed by atoms with Crippen molar-refractivity contribution in [1.82, 2.24) is 0 Å². The molecule has 13 heavy (non-hydrogen) atoms. The molecule has 0 radical (unpaired) electrons. The minimum Gasteiger partial charge on any atom is -0.299 e. The predicted molar refractivity (Wildman–Crippen MR) is 57.2 cm³/mol. The van der Waals surface area contributed by atoms with E-state index in [0.717, 1.165) is 6.42 Å². The van der Waals surface area contributed by atoms with Crippen molar-refractivity contribution in [3.05, 3.63) is 21.9 Å². The van der Waals surface area contributed by atoms with Gasteiger partial charge in [0.2, 0.25) is 0 Å². The molecule has 1 rings (SSSR count). The van der Waals surface area contributed by atoms with Crippen molar-refractivity contribution in [3.63, 3.8) is 0 Å². The lowest BCUT2D eigenvalue weighted by Crippen LogP contribution is -2.12. The Kier molecular flexibility index (Phi) is 3.67. The lowest BCUT2D eigenvalue weighted by Gasteiger charge is -2.08. The minimum absolute atomic E-state index is 0.179. The van der Waals surface area contributed by atoms with Crippen molar-refractivity contribution in [3.8, 4) is 0 Å². The van der Waals surface area contributed by atoms with Crippen molar-refractivity contribution in [2.45, 2.75) is 33.6 Å². The van der Waals surface area contributed by atoms with E-state index in [9.17, 15) is 4.79 Å². The first-order chi connectivity index (χ1) is 6.15. The number of rotatable bonds is 4. The first kappa shape index (κ1) is 10.5. The molecule has 0 aliphatic heterocycles. The van der Waals surface area contributed by atoms with Crippen LogP contribution in [0.1, 0.15) is 31.4 Å². The van der Waals surface area contributed by atoms with Crippen LogP contribution < -0.4 is 0 Å². The third-order valence-corrected chi connectivity index (χ3v) is 3.30. The second-order valence-corrected chi connectivity index (χ2v) is 4.25. The zero-order valence-corrected chi connectivity index (χ0v) is 9.28. The molecule has 1 nitrogen and oxygen atoms in total. The average Bonchev–Trinajstić information content (AvgIpc) is 2.50. The highest BCUT2D eigenvalue weighted by molar-refractivity contribution is 7.08. The number of hydrogen-bond acceptors (Lipinski definition) is 2. The molecular formula is C11H16OS. The van der Waals surface area contributed by atoms with Gasteiger partial charge in [-0.2, -0.15) is 11.3 Å². The summed E-state index contributed by atoms with van der Waals surface area (Å²) in [4.78, 5) is 11.4. The summed E-state index contributed by atoms with van der Waals surface area (Å²) < 4.78 is 0. The summed E-state index contributed by atoms with van der Waals surface area (Å²) in [5, 5.41) is 4.28. The lowest BCUT2D eigenvalue weighted by molar-refractivity contribution is -0.122. The van der Waals surface area contributed by atoms with Gasteiger partial charge in [0.25, 0.3) is 0 Å². The van der Waals surface area contributed by atoms with Gasteiger partial charge in [0, 0.05) is 12.3 Å². The van der Waals surface area contributed by atoms with E-state index in [-0.39, 0.29) is 5.92 Å². The standard InChI is InChI=1S/C11H16OS/c1-4-11(12)8(2)5-10-7-13-6-9(10)3/h6-8H,4-5H2,1-3H3. The van der Waals surface area contributed by atoms with Crippen LogP contribution in [-0.2, 0) is 11.2 Å². The molecule has 0 saturated carbocycles. The summed E-state index contributed by atoms with van der Waals surface area (Å²) in [6, 6.07) is 0. The molecular weight excluding hydrogens is 180 g/mol. The molecule has 0 aliphatic carbocycles. The molecule has 0 amide bonds. The Morgan fingerprint density at radius 2 is 2.23 bits per heavy atom. The quantitative estimate of drug-likeness (QED) is 0.722. The minimum atomic E-state index is 0.179. The van der Waals surface area contributed by atoms with Crippen LogP contribution in [0, 0.1) is 12.8 Å². The Hall–Kier alpha value is -0.630. The Morgan fingerprint density at radius 3 is 2.69 bits per heavy atom. The first-order valence-corrected chi connectivity index (χ1v) is 5.63. The van der Waals surface area contributed by atoms with Gasteiger partial charge in [-0.3, -0.25) is 4.79 Å². The molecule has 1 unspecified atom stereocenters. The third-order valence-electron chi connectivity index (χ3n) is 2.39. The number of Topliss-reactive ketones (excluding diaryl/α,β-unsaturated/α-hetero) is 1. The second-order valence-electron chi connectivity index (χ2n) is 3.51.